The molecule has 0 aliphatic carbocycles. The van der Waals surface area contributed by atoms with E-state index in [1.807, 2.05) is 43.3 Å². The van der Waals surface area contributed by atoms with Crippen LogP contribution in [0.1, 0.15) is 39.7 Å². The molecule has 1 amide bonds. The van der Waals surface area contributed by atoms with Crippen molar-refractivity contribution in [2.24, 2.45) is 0 Å². The van der Waals surface area contributed by atoms with E-state index in [0.717, 1.165) is 0 Å². The molecule has 0 unspecified atom stereocenters. The summed E-state index contributed by atoms with van der Waals surface area (Å²) in [7, 11) is 0. The van der Waals surface area contributed by atoms with Gasteiger partial charge in [0.25, 0.3) is 5.91 Å². The number of benzene rings is 2. The van der Waals surface area contributed by atoms with E-state index in [0.29, 0.717) is 22.9 Å². The summed E-state index contributed by atoms with van der Waals surface area (Å²) in [5.74, 6) is 0.481. The molecule has 0 fully saturated rings. The Kier molecular flexibility index (Phi) is 5.89. The van der Waals surface area contributed by atoms with Crippen molar-refractivity contribution in [3.8, 4) is 5.75 Å². The van der Waals surface area contributed by atoms with Gasteiger partial charge in [-0.3, -0.25) is 4.79 Å². The average Bonchev–Trinajstić information content (AvgIpc) is 2.54. The number of nitrogens with one attached hydrogen (secondary N) is 1. The lowest BCUT2D eigenvalue weighted by molar-refractivity contribution is -0.122. The maximum atomic E-state index is 12.4. The Morgan fingerprint density at radius 3 is 2.29 bits per heavy atom. The second-order valence-electron chi connectivity index (χ2n) is 6.76. The van der Waals surface area contributed by atoms with Crippen LogP contribution in [0.3, 0.4) is 0 Å². The van der Waals surface area contributed by atoms with Crippen molar-refractivity contribution < 1.29 is 9.53 Å². The lowest BCUT2D eigenvalue weighted by Gasteiger charge is -2.21. The summed E-state index contributed by atoms with van der Waals surface area (Å²) in [4.78, 5) is 12.4. The Morgan fingerprint density at radius 2 is 1.75 bits per heavy atom. The van der Waals surface area contributed by atoms with E-state index >= 15 is 0 Å². The maximum absolute atomic E-state index is 12.4. The van der Waals surface area contributed by atoms with Crippen LogP contribution in [-0.4, -0.2) is 12.0 Å². The van der Waals surface area contributed by atoms with Gasteiger partial charge in [-0.15, -0.1) is 0 Å². The van der Waals surface area contributed by atoms with Crippen LogP contribution >= 0.6 is 11.6 Å². The minimum atomic E-state index is -0.568. The number of carbonyl (C=O) groups is 1. The van der Waals surface area contributed by atoms with E-state index in [1.165, 1.54) is 5.56 Å². The Bertz CT molecular complexity index is 690. The SMILES string of the molecule is CC[C@@H](Oc1ccc(C(C)(C)C)cc1)C(=O)Nc1ccccc1Cl. The molecule has 0 spiro atoms. The highest BCUT2D eigenvalue weighted by atomic mass is 35.5. The minimum Gasteiger partial charge on any atom is -0.481 e. The van der Waals surface area contributed by atoms with Crippen molar-refractivity contribution in [3.05, 3.63) is 59.1 Å². The van der Waals surface area contributed by atoms with Crippen molar-refractivity contribution >= 4 is 23.2 Å². The van der Waals surface area contributed by atoms with Gasteiger partial charge in [0.15, 0.2) is 6.10 Å². The second-order valence-corrected chi connectivity index (χ2v) is 7.17. The van der Waals surface area contributed by atoms with Crippen LogP contribution < -0.4 is 10.1 Å². The summed E-state index contributed by atoms with van der Waals surface area (Å²) >= 11 is 6.08. The van der Waals surface area contributed by atoms with Gasteiger partial charge in [-0.1, -0.05) is 63.6 Å². The van der Waals surface area contributed by atoms with Gasteiger partial charge in [0.1, 0.15) is 5.75 Å². The molecule has 128 valence electrons. The van der Waals surface area contributed by atoms with Crippen LogP contribution in [0.15, 0.2) is 48.5 Å². The van der Waals surface area contributed by atoms with Gasteiger partial charge in [-0.2, -0.15) is 0 Å². The van der Waals surface area contributed by atoms with Crippen LogP contribution in [0.25, 0.3) is 0 Å². The van der Waals surface area contributed by atoms with Crippen molar-refractivity contribution in [2.45, 2.75) is 45.6 Å². The molecule has 0 saturated heterocycles. The molecule has 0 aliphatic heterocycles. The third-order valence-corrected chi connectivity index (χ3v) is 4.12. The smallest absolute Gasteiger partial charge is 0.265 e. The molecule has 0 aromatic heterocycles. The summed E-state index contributed by atoms with van der Waals surface area (Å²) in [5.41, 5.74) is 1.90. The van der Waals surface area contributed by atoms with Gasteiger partial charge in [0.2, 0.25) is 0 Å². The second kappa shape index (κ2) is 7.71. The molecule has 0 bridgehead atoms. The van der Waals surface area contributed by atoms with E-state index in [-0.39, 0.29) is 11.3 Å². The number of hydrogen-bond donors (Lipinski definition) is 1. The molecule has 0 heterocycles. The topological polar surface area (TPSA) is 38.3 Å². The first kappa shape index (κ1) is 18.3. The molecule has 2 aromatic rings. The molecule has 0 radical (unpaired) electrons. The molecule has 3 nitrogen and oxygen atoms in total. The van der Waals surface area contributed by atoms with Crippen LogP contribution in [-0.2, 0) is 10.2 Å². The summed E-state index contributed by atoms with van der Waals surface area (Å²) in [6.45, 7) is 8.40. The van der Waals surface area contributed by atoms with Crippen molar-refractivity contribution in [2.75, 3.05) is 5.32 Å². The Hall–Kier alpha value is -2.00. The minimum absolute atomic E-state index is 0.0874. The quantitative estimate of drug-likeness (QED) is 0.784. The first-order chi connectivity index (χ1) is 11.3. The predicted octanol–water partition coefficient (Wildman–Crippen LogP) is 5.43. The number of anilines is 1. The van der Waals surface area contributed by atoms with E-state index in [2.05, 4.69) is 26.1 Å². The molecule has 0 aliphatic rings. The highest BCUT2D eigenvalue weighted by molar-refractivity contribution is 6.33. The van der Waals surface area contributed by atoms with Crippen LogP contribution in [0, 0.1) is 0 Å². The van der Waals surface area contributed by atoms with Crippen molar-refractivity contribution in [3.63, 3.8) is 0 Å². The first-order valence-electron chi connectivity index (χ1n) is 8.14. The molecule has 1 atom stereocenters. The monoisotopic (exact) mass is 345 g/mol. The number of rotatable bonds is 5. The summed E-state index contributed by atoms with van der Waals surface area (Å²) in [5, 5.41) is 3.33. The summed E-state index contributed by atoms with van der Waals surface area (Å²) in [6, 6.07) is 15.0. The lowest BCUT2D eigenvalue weighted by atomic mass is 9.87. The van der Waals surface area contributed by atoms with E-state index in [9.17, 15) is 4.79 Å². The Morgan fingerprint density at radius 1 is 1.12 bits per heavy atom. The van der Waals surface area contributed by atoms with Gasteiger partial charge in [0, 0.05) is 0 Å². The molecular weight excluding hydrogens is 322 g/mol. The highest BCUT2D eigenvalue weighted by Crippen LogP contribution is 2.25. The van der Waals surface area contributed by atoms with Gasteiger partial charge >= 0.3 is 0 Å². The van der Waals surface area contributed by atoms with Crippen molar-refractivity contribution in [1.82, 2.24) is 0 Å². The van der Waals surface area contributed by atoms with Crippen LogP contribution in [0.5, 0.6) is 5.75 Å². The van der Waals surface area contributed by atoms with Crippen LogP contribution in [0.4, 0.5) is 5.69 Å². The molecule has 24 heavy (non-hydrogen) atoms. The van der Waals surface area contributed by atoms with Gasteiger partial charge in [-0.25, -0.2) is 0 Å². The fourth-order valence-corrected chi connectivity index (χ4v) is 2.48. The normalized spacial score (nSPS) is 12.5. The molecule has 0 saturated carbocycles. The van der Waals surface area contributed by atoms with E-state index in [1.54, 1.807) is 12.1 Å². The highest BCUT2D eigenvalue weighted by Gasteiger charge is 2.20. The van der Waals surface area contributed by atoms with E-state index < -0.39 is 6.10 Å². The van der Waals surface area contributed by atoms with Gasteiger partial charge in [-0.05, 0) is 41.7 Å². The third kappa shape index (κ3) is 4.75. The molecule has 4 heteroatoms. The Labute approximate surface area is 149 Å². The zero-order valence-electron chi connectivity index (χ0n) is 14.6. The molecule has 2 rings (SSSR count). The van der Waals surface area contributed by atoms with Gasteiger partial charge < -0.3 is 10.1 Å². The third-order valence-electron chi connectivity index (χ3n) is 3.79. The number of ether oxygens (including phenoxy) is 1. The number of halogens is 1. The zero-order chi connectivity index (χ0) is 17.7. The summed E-state index contributed by atoms with van der Waals surface area (Å²) in [6.07, 6.45) is -0.00104. The summed E-state index contributed by atoms with van der Waals surface area (Å²) < 4.78 is 5.85. The number of para-hydroxylation sites is 1. The van der Waals surface area contributed by atoms with Gasteiger partial charge in [0.05, 0.1) is 10.7 Å². The molecule has 2 aromatic carbocycles. The molecule has 1 N–H and O–H groups in total. The van der Waals surface area contributed by atoms with E-state index in [4.69, 9.17) is 16.3 Å². The fraction of sp³-hybridized carbons (Fsp3) is 0.350. The maximum Gasteiger partial charge on any atom is 0.265 e. The van der Waals surface area contributed by atoms with Crippen LogP contribution in [0.2, 0.25) is 5.02 Å². The fourth-order valence-electron chi connectivity index (χ4n) is 2.30. The average molecular weight is 346 g/mol. The number of hydrogen-bond acceptors (Lipinski definition) is 2. The lowest BCUT2D eigenvalue weighted by Crippen LogP contribution is -2.32. The van der Waals surface area contributed by atoms with Crippen molar-refractivity contribution in [1.29, 1.82) is 0 Å². The first-order valence-corrected chi connectivity index (χ1v) is 8.51. The standard InChI is InChI=1S/C20H24ClNO2/c1-5-18(19(23)22-17-9-7-6-8-16(17)21)24-15-12-10-14(11-13-15)20(2,3)4/h6-13,18H,5H2,1-4H3,(H,22,23)/t18-/m1/s1. The number of carbonyl (C=O) groups excluding carboxylic acids is 1. The number of amides is 1. The molecular formula is C20H24ClNO2. The zero-order valence-corrected chi connectivity index (χ0v) is 15.4. The Balaban J connectivity index is 2.06. The predicted molar refractivity (Wildman–Crippen MR) is 99.9 cm³/mol. The largest absolute Gasteiger partial charge is 0.481 e.